The summed E-state index contributed by atoms with van der Waals surface area (Å²) in [6, 6.07) is 6.46. The maximum absolute atomic E-state index is 11.6. The Hall–Kier alpha value is -1.23. The fraction of sp³-hybridized carbons (Fsp3) is 0.571. The lowest BCUT2D eigenvalue weighted by molar-refractivity contribution is 0.597. The second-order valence-electron chi connectivity index (χ2n) is 5.36. The number of fused-ring (bicyclic) bond motifs is 1. The number of sulfone groups is 1. The van der Waals surface area contributed by atoms with Gasteiger partial charge in [0, 0.05) is 31.0 Å². The molecule has 0 aromatic heterocycles. The molecule has 1 aromatic rings. The first-order valence-electron chi connectivity index (χ1n) is 6.96. The molecule has 2 aliphatic rings. The van der Waals surface area contributed by atoms with Gasteiger partial charge in [-0.3, -0.25) is 0 Å². The summed E-state index contributed by atoms with van der Waals surface area (Å²) in [4.78, 5) is 2.21. The van der Waals surface area contributed by atoms with Crippen LogP contribution in [0.4, 0.5) is 11.4 Å². The van der Waals surface area contributed by atoms with E-state index in [-0.39, 0.29) is 5.75 Å². The normalized spacial score (nSPS) is 22.2. The average molecular weight is 280 g/mol. The topological polar surface area (TPSA) is 49.4 Å². The Bertz CT molecular complexity index is 569. The van der Waals surface area contributed by atoms with E-state index >= 15 is 0 Å². The minimum atomic E-state index is -2.83. The lowest BCUT2D eigenvalue weighted by Gasteiger charge is -2.25. The zero-order valence-electron chi connectivity index (χ0n) is 11.1. The van der Waals surface area contributed by atoms with Gasteiger partial charge in [-0.25, -0.2) is 8.42 Å². The molecule has 4 nitrogen and oxygen atoms in total. The van der Waals surface area contributed by atoms with Crippen molar-refractivity contribution in [2.24, 2.45) is 0 Å². The molecular weight excluding hydrogens is 260 g/mol. The van der Waals surface area contributed by atoms with Crippen molar-refractivity contribution < 1.29 is 8.42 Å². The zero-order valence-corrected chi connectivity index (χ0v) is 11.9. The number of rotatable bonds is 1. The van der Waals surface area contributed by atoms with Crippen LogP contribution in [0, 0.1) is 0 Å². The minimum Gasteiger partial charge on any atom is -0.385 e. The Morgan fingerprint density at radius 2 is 2.00 bits per heavy atom. The van der Waals surface area contributed by atoms with Gasteiger partial charge in [-0.2, -0.15) is 0 Å². The summed E-state index contributed by atoms with van der Waals surface area (Å²) in [5.74, 6) is 0.609. The number of hydrogen-bond acceptors (Lipinski definition) is 4. The van der Waals surface area contributed by atoms with Gasteiger partial charge in [0.05, 0.1) is 11.5 Å². The lowest BCUT2D eigenvalue weighted by Crippen LogP contribution is -2.27. The third-order valence-electron chi connectivity index (χ3n) is 3.95. The van der Waals surface area contributed by atoms with Gasteiger partial charge in [0.2, 0.25) is 0 Å². The highest BCUT2D eigenvalue weighted by atomic mass is 32.2. The minimum absolute atomic E-state index is 0.280. The lowest BCUT2D eigenvalue weighted by atomic mass is 10.0. The highest BCUT2D eigenvalue weighted by Gasteiger charge is 2.20. The third-order valence-corrected chi connectivity index (χ3v) is 5.66. The zero-order chi connectivity index (χ0) is 13.3. The third kappa shape index (κ3) is 2.86. The highest BCUT2D eigenvalue weighted by Crippen LogP contribution is 2.27. The maximum Gasteiger partial charge on any atom is 0.152 e. The predicted octanol–water partition coefficient (Wildman–Crippen LogP) is 1.67. The fourth-order valence-corrected chi connectivity index (χ4v) is 4.13. The van der Waals surface area contributed by atoms with Crippen molar-refractivity contribution in [3.8, 4) is 0 Å². The standard InChI is InChI=1S/C14H20N2O2S/c17-19(18)9-2-7-16(8-10-19)13-4-5-14-12(11-13)3-1-6-15-14/h4-5,11,15H,1-3,6-10H2. The van der Waals surface area contributed by atoms with Gasteiger partial charge in [-0.15, -0.1) is 0 Å². The Morgan fingerprint density at radius 3 is 2.89 bits per heavy atom. The van der Waals surface area contributed by atoms with Crippen LogP contribution in [-0.4, -0.2) is 39.6 Å². The van der Waals surface area contributed by atoms with E-state index in [4.69, 9.17) is 0 Å². The molecule has 5 heteroatoms. The van der Waals surface area contributed by atoms with Crippen molar-refractivity contribution in [3.63, 3.8) is 0 Å². The number of anilines is 2. The molecule has 0 bridgehead atoms. The van der Waals surface area contributed by atoms with E-state index < -0.39 is 9.84 Å². The molecule has 2 heterocycles. The molecule has 1 saturated heterocycles. The molecule has 0 atom stereocenters. The molecule has 0 saturated carbocycles. The van der Waals surface area contributed by atoms with Gasteiger partial charge in [0.25, 0.3) is 0 Å². The Labute approximate surface area is 114 Å². The summed E-state index contributed by atoms with van der Waals surface area (Å²) < 4.78 is 23.3. The number of nitrogens with zero attached hydrogens (tertiary/aromatic N) is 1. The molecule has 2 aliphatic heterocycles. The highest BCUT2D eigenvalue weighted by molar-refractivity contribution is 7.91. The molecule has 0 aliphatic carbocycles. The van der Waals surface area contributed by atoms with E-state index in [2.05, 4.69) is 28.4 Å². The maximum atomic E-state index is 11.6. The smallest absolute Gasteiger partial charge is 0.152 e. The Morgan fingerprint density at radius 1 is 1.11 bits per heavy atom. The summed E-state index contributed by atoms with van der Waals surface area (Å²) >= 11 is 0. The molecule has 3 rings (SSSR count). The molecule has 0 radical (unpaired) electrons. The number of hydrogen-bond donors (Lipinski definition) is 1. The molecule has 104 valence electrons. The van der Waals surface area contributed by atoms with Gasteiger partial charge in [-0.1, -0.05) is 0 Å². The van der Waals surface area contributed by atoms with Crippen molar-refractivity contribution >= 4 is 21.2 Å². The first kappa shape index (κ1) is 12.8. The van der Waals surface area contributed by atoms with Crippen molar-refractivity contribution in [1.29, 1.82) is 0 Å². The van der Waals surface area contributed by atoms with Gasteiger partial charge in [0.1, 0.15) is 0 Å². The molecule has 0 spiro atoms. The van der Waals surface area contributed by atoms with Crippen molar-refractivity contribution in [3.05, 3.63) is 23.8 Å². The van der Waals surface area contributed by atoms with Crippen LogP contribution in [0.25, 0.3) is 0 Å². The molecule has 1 N–H and O–H groups in total. The first-order valence-corrected chi connectivity index (χ1v) is 8.78. The summed E-state index contributed by atoms with van der Waals surface area (Å²) in [6.45, 7) is 2.51. The Kier molecular flexibility index (Phi) is 3.39. The molecule has 19 heavy (non-hydrogen) atoms. The second kappa shape index (κ2) is 5.04. The van der Waals surface area contributed by atoms with Gasteiger partial charge < -0.3 is 10.2 Å². The van der Waals surface area contributed by atoms with E-state index in [1.807, 2.05) is 0 Å². The van der Waals surface area contributed by atoms with E-state index in [0.717, 1.165) is 25.9 Å². The van der Waals surface area contributed by atoms with Crippen LogP contribution in [0.2, 0.25) is 0 Å². The second-order valence-corrected chi connectivity index (χ2v) is 7.67. The van der Waals surface area contributed by atoms with Crippen LogP contribution in [0.1, 0.15) is 18.4 Å². The van der Waals surface area contributed by atoms with Crippen molar-refractivity contribution in [1.82, 2.24) is 0 Å². The van der Waals surface area contributed by atoms with Gasteiger partial charge >= 0.3 is 0 Å². The SMILES string of the molecule is O=S1(=O)CCCN(c2ccc3c(c2)CCCN3)CC1. The molecule has 0 unspecified atom stereocenters. The van der Waals surface area contributed by atoms with Gasteiger partial charge in [0.15, 0.2) is 9.84 Å². The quantitative estimate of drug-likeness (QED) is 0.850. The van der Waals surface area contributed by atoms with E-state index in [1.165, 1.54) is 23.4 Å². The Balaban J connectivity index is 1.82. The summed E-state index contributed by atoms with van der Waals surface area (Å²) in [5.41, 5.74) is 3.76. The largest absolute Gasteiger partial charge is 0.385 e. The number of nitrogens with one attached hydrogen (secondary N) is 1. The molecule has 0 amide bonds. The summed E-state index contributed by atoms with van der Waals surface area (Å²) in [6.07, 6.45) is 3.02. The predicted molar refractivity (Wildman–Crippen MR) is 78.7 cm³/mol. The average Bonchev–Trinajstić information content (AvgIpc) is 2.59. The number of benzene rings is 1. The monoisotopic (exact) mass is 280 g/mol. The van der Waals surface area contributed by atoms with Crippen LogP contribution in [-0.2, 0) is 16.3 Å². The van der Waals surface area contributed by atoms with Crippen LogP contribution >= 0.6 is 0 Å². The van der Waals surface area contributed by atoms with Crippen LogP contribution in [0.3, 0.4) is 0 Å². The summed E-state index contributed by atoms with van der Waals surface area (Å²) in [7, 11) is -2.83. The molecular formula is C14H20N2O2S. The van der Waals surface area contributed by atoms with Crippen molar-refractivity contribution in [2.45, 2.75) is 19.3 Å². The van der Waals surface area contributed by atoms with Crippen LogP contribution in [0.15, 0.2) is 18.2 Å². The van der Waals surface area contributed by atoms with E-state index in [0.29, 0.717) is 12.3 Å². The number of aryl methyl sites for hydroxylation is 1. The van der Waals surface area contributed by atoms with Gasteiger partial charge in [-0.05, 0) is 43.0 Å². The fourth-order valence-electron chi connectivity index (χ4n) is 2.85. The first-order chi connectivity index (χ1) is 9.14. The van der Waals surface area contributed by atoms with Crippen LogP contribution in [0.5, 0.6) is 0 Å². The van der Waals surface area contributed by atoms with E-state index in [9.17, 15) is 8.42 Å². The van der Waals surface area contributed by atoms with Crippen LogP contribution < -0.4 is 10.2 Å². The molecule has 1 aromatic carbocycles. The van der Waals surface area contributed by atoms with E-state index in [1.54, 1.807) is 0 Å². The molecule has 1 fully saturated rings. The summed E-state index contributed by atoms with van der Waals surface area (Å²) in [5, 5.41) is 3.40. The van der Waals surface area contributed by atoms with Crippen molar-refractivity contribution in [2.75, 3.05) is 41.4 Å².